The Morgan fingerprint density at radius 1 is 0.647 bits per heavy atom. The Morgan fingerprint density at radius 2 is 1.24 bits per heavy atom. The normalized spacial score (nSPS) is 25.5. The number of hydrogen-bond acceptors (Lipinski definition) is 6. The number of fused-ring (bicyclic) bond motifs is 1. The molecule has 0 amide bonds. The van der Waals surface area contributed by atoms with Gasteiger partial charge < -0.3 is 28.4 Å². The van der Waals surface area contributed by atoms with E-state index < -0.39 is 0 Å². The molecule has 3 aromatic carbocycles. The van der Waals surface area contributed by atoms with E-state index in [9.17, 15) is 0 Å². The van der Waals surface area contributed by atoms with Gasteiger partial charge >= 0.3 is 0 Å². The standard InChI is InChI=1S/C28H30O6/c1-29-23-14-12-22(13-15-23)18-31-25-24(19-30-16-20-8-4-2-5-9-20)33-28-27(34-28)26(25)32-17-21-10-6-3-7-11-21/h2-15,24-28H,16-19H2,1H3/t24-,25-,26+,27-,28-/m1/s1. The zero-order valence-corrected chi connectivity index (χ0v) is 19.2. The van der Waals surface area contributed by atoms with E-state index in [1.165, 1.54) is 0 Å². The van der Waals surface area contributed by atoms with Crippen molar-refractivity contribution in [2.45, 2.75) is 50.5 Å². The molecule has 178 valence electrons. The summed E-state index contributed by atoms with van der Waals surface area (Å²) in [6, 6.07) is 28.1. The van der Waals surface area contributed by atoms with E-state index in [4.69, 9.17) is 28.4 Å². The van der Waals surface area contributed by atoms with Crippen molar-refractivity contribution in [3.8, 4) is 5.75 Å². The largest absolute Gasteiger partial charge is 0.497 e. The summed E-state index contributed by atoms with van der Waals surface area (Å²) in [5.74, 6) is 0.815. The van der Waals surface area contributed by atoms with E-state index in [1.807, 2.05) is 72.8 Å². The number of epoxide rings is 1. The zero-order valence-electron chi connectivity index (χ0n) is 19.2. The third-order valence-corrected chi connectivity index (χ3v) is 6.09. The van der Waals surface area contributed by atoms with Crippen LogP contribution in [0.2, 0.25) is 0 Å². The monoisotopic (exact) mass is 462 g/mol. The zero-order chi connectivity index (χ0) is 23.2. The predicted octanol–water partition coefficient (Wildman–Crippen LogP) is 4.51. The number of methoxy groups -OCH3 is 1. The van der Waals surface area contributed by atoms with Crippen LogP contribution in [0.4, 0.5) is 0 Å². The van der Waals surface area contributed by atoms with Gasteiger partial charge in [0.25, 0.3) is 0 Å². The molecule has 2 aliphatic rings. The van der Waals surface area contributed by atoms with Crippen LogP contribution in [-0.4, -0.2) is 44.4 Å². The van der Waals surface area contributed by atoms with Gasteiger partial charge in [0.2, 0.25) is 0 Å². The maximum Gasteiger partial charge on any atom is 0.187 e. The van der Waals surface area contributed by atoms with Crippen molar-refractivity contribution < 1.29 is 28.4 Å². The molecular weight excluding hydrogens is 432 g/mol. The summed E-state index contributed by atoms with van der Waals surface area (Å²) in [6.07, 6.45) is -1.28. The second-order valence-corrected chi connectivity index (χ2v) is 8.53. The number of ether oxygens (including phenoxy) is 6. The van der Waals surface area contributed by atoms with Crippen LogP contribution >= 0.6 is 0 Å². The van der Waals surface area contributed by atoms with E-state index in [-0.39, 0.29) is 30.7 Å². The first-order chi connectivity index (χ1) is 16.8. The first kappa shape index (κ1) is 23.0. The van der Waals surface area contributed by atoms with Crippen molar-refractivity contribution in [1.82, 2.24) is 0 Å². The fraction of sp³-hybridized carbons (Fsp3) is 0.357. The lowest BCUT2D eigenvalue weighted by Crippen LogP contribution is -2.52. The summed E-state index contributed by atoms with van der Waals surface area (Å²) in [6.45, 7) is 1.81. The second kappa shape index (κ2) is 11.1. The Balaban J connectivity index is 1.26. The van der Waals surface area contributed by atoms with Crippen molar-refractivity contribution in [3.63, 3.8) is 0 Å². The Labute approximate surface area is 200 Å². The van der Waals surface area contributed by atoms with E-state index in [0.717, 1.165) is 22.4 Å². The molecule has 5 atom stereocenters. The van der Waals surface area contributed by atoms with Crippen molar-refractivity contribution in [3.05, 3.63) is 102 Å². The molecular formula is C28H30O6. The molecule has 0 saturated carbocycles. The third-order valence-electron chi connectivity index (χ3n) is 6.09. The summed E-state index contributed by atoms with van der Waals surface area (Å²) in [5.41, 5.74) is 3.27. The van der Waals surface area contributed by atoms with Gasteiger partial charge in [-0.3, -0.25) is 0 Å². The lowest BCUT2D eigenvalue weighted by molar-refractivity contribution is -0.192. The average Bonchev–Trinajstić information content (AvgIpc) is 3.67. The summed E-state index contributed by atoms with van der Waals surface area (Å²) < 4.78 is 36.0. The van der Waals surface area contributed by atoms with E-state index >= 15 is 0 Å². The molecule has 34 heavy (non-hydrogen) atoms. The van der Waals surface area contributed by atoms with E-state index in [2.05, 4.69) is 12.1 Å². The lowest BCUT2D eigenvalue weighted by atomic mass is 10.0. The Hall–Kier alpha value is -2.74. The minimum atomic E-state index is -0.328. The topological polar surface area (TPSA) is 58.7 Å². The Bertz CT molecular complexity index is 1010. The van der Waals surface area contributed by atoms with Crippen molar-refractivity contribution in [2.24, 2.45) is 0 Å². The average molecular weight is 463 g/mol. The number of rotatable bonds is 11. The van der Waals surface area contributed by atoms with Gasteiger partial charge in [-0.15, -0.1) is 0 Å². The van der Waals surface area contributed by atoms with Crippen LogP contribution in [0.3, 0.4) is 0 Å². The van der Waals surface area contributed by atoms with Crippen LogP contribution in [0.5, 0.6) is 5.75 Å². The first-order valence-corrected chi connectivity index (χ1v) is 11.6. The molecule has 3 aromatic rings. The summed E-state index contributed by atoms with van der Waals surface area (Å²) in [4.78, 5) is 0. The fourth-order valence-corrected chi connectivity index (χ4v) is 4.17. The summed E-state index contributed by atoms with van der Waals surface area (Å²) in [7, 11) is 1.66. The molecule has 0 N–H and O–H groups in total. The summed E-state index contributed by atoms with van der Waals surface area (Å²) in [5, 5.41) is 0. The molecule has 0 aliphatic carbocycles. The van der Waals surface area contributed by atoms with Crippen LogP contribution < -0.4 is 4.74 Å². The molecule has 6 heteroatoms. The SMILES string of the molecule is COc1ccc(CO[C@H]2[C@H](OCc3ccccc3)[C@H]3O[C@H]3O[C@@H]2COCc2ccccc2)cc1. The molecule has 5 rings (SSSR count). The van der Waals surface area contributed by atoms with Gasteiger partial charge in [0.15, 0.2) is 6.29 Å². The van der Waals surface area contributed by atoms with Gasteiger partial charge in [-0.25, -0.2) is 0 Å². The van der Waals surface area contributed by atoms with Crippen molar-refractivity contribution in [1.29, 1.82) is 0 Å². The van der Waals surface area contributed by atoms with Crippen LogP contribution in [0.25, 0.3) is 0 Å². The Kier molecular flexibility index (Phi) is 7.53. The van der Waals surface area contributed by atoms with Gasteiger partial charge in [-0.1, -0.05) is 72.8 Å². The predicted molar refractivity (Wildman–Crippen MR) is 126 cm³/mol. The second-order valence-electron chi connectivity index (χ2n) is 8.53. The highest BCUT2D eigenvalue weighted by Gasteiger charge is 2.58. The molecule has 6 nitrogen and oxygen atoms in total. The van der Waals surface area contributed by atoms with Gasteiger partial charge in [0, 0.05) is 0 Å². The van der Waals surface area contributed by atoms with Gasteiger partial charge in [0.1, 0.15) is 30.2 Å². The molecule has 2 saturated heterocycles. The smallest absolute Gasteiger partial charge is 0.187 e. The molecule has 0 bridgehead atoms. The van der Waals surface area contributed by atoms with E-state index in [0.29, 0.717) is 26.4 Å². The highest BCUT2D eigenvalue weighted by molar-refractivity contribution is 5.26. The van der Waals surface area contributed by atoms with Crippen molar-refractivity contribution >= 4 is 0 Å². The quantitative estimate of drug-likeness (QED) is 0.391. The van der Waals surface area contributed by atoms with Gasteiger partial charge in [0.05, 0.1) is 33.5 Å². The van der Waals surface area contributed by atoms with Crippen LogP contribution in [0, 0.1) is 0 Å². The van der Waals surface area contributed by atoms with Crippen LogP contribution in [0.1, 0.15) is 16.7 Å². The molecule has 2 fully saturated rings. The lowest BCUT2D eigenvalue weighted by Gasteiger charge is -2.35. The van der Waals surface area contributed by atoms with Gasteiger partial charge in [-0.05, 0) is 28.8 Å². The highest BCUT2D eigenvalue weighted by Crippen LogP contribution is 2.39. The number of benzene rings is 3. The maximum atomic E-state index is 6.41. The summed E-state index contributed by atoms with van der Waals surface area (Å²) >= 11 is 0. The molecule has 0 aromatic heterocycles. The maximum absolute atomic E-state index is 6.41. The molecule has 0 radical (unpaired) electrons. The van der Waals surface area contributed by atoms with Crippen molar-refractivity contribution in [2.75, 3.05) is 13.7 Å². The molecule has 0 unspecified atom stereocenters. The van der Waals surface area contributed by atoms with Gasteiger partial charge in [-0.2, -0.15) is 0 Å². The molecule has 2 heterocycles. The highest BCUT2D eigenvalue weighted by atomic mass is 16.8. The minimum absolute atomic E-state index is 0.130. The van der Waals surface area contributed by atoms with Crippen LogP contribution in [0.15, 0.2) is 84.9 Å². The molecule has 0 spiro atoms. The number of hydrogen-bond donors (Lipinski definition) is 0. The van der Waals surface area contributed by atoms with Crippen LogP contribution in [-0.2, 0) is 43.5 Å². The minimum Gasteiger partial charge on any atom is -0.497 e. The first-order valence-electron chi connectivity index (χ1n) is 11.6. The Morgan fingerprint density at radius 3 is 1.88 bits per heavy atom. The fourth-order valence-electron chi connectivity index (χ4n) is 4.17. The van der Waals surface area contributed by atoms with E-state index in [1.54, 1.807) is 7.11 Å². The third kappa shape index (κ3) is 5.84. The molecule has 2 aliphatic heterocycles.